The number of pyridine rings is 1. The van der Waals surface area contributed by atoms with Crippen molar-refractivity contribution in [1.82, 2.24) is 9.88 Å². The lowest BCUT2D eigenvalue weighted by molar-refractivity contribution is 0.155. The number of amides is 1. The van der Waals surface area contributed by atoms with E-state index >= 15 is 8.78 Å². The molecule has 15 heteroatoms. The van der Waals surface area contributed by atoms with Crippen molar-refractivity contribution >= 4 is 43.6 Å². The number of hydrogen-bond donors (Lipinski definition) is 2. The Morgan fingerprint density at radius 3 is 2.58 bits per heavy atom. The number of likely N-dealkylation sites (tertiary alicyclic amines) is 1. The molecule has 1 aliphatic rings. The van der Waals surface area contributed by atoms with E-state index in [4.69, 9.17) is 14.6 Å². The van der Waals surface area contributed by atoms with Crippen molar-refractivity contribution in [2.24, 2.45) is 0 Å². The van der Waals surface area contributed by atoms with Crippen LogP contribution in [-0.4, -0.2) is 62.9 Å². The van der Waals surface area contributed by atoms with Crippen LogP contribution < -0.4 is 19.1 Å². The van der Waals surface area contributed by atoms with Crippen molar-refractivity contribution in [2.45, 2.75) is 23.9 Å². The molecule has 0 spiro atoms. The molecule has 2 heterocycles. The fourth-order valence-electron chi connectivity index (χ4n) is 4.26. The molecule has 1 aliphatic heterocycles. The van der Waals surface area contributed by atoms with Gasteiger partial charge in [0.25, 0.3) is 10.0 Å². The van der Waals surface area contributed by atoms with Crippen molar-refractivity contribution in [3.63, 3.8) is 0 Å². The Kier molecular flexibility index (Phi) is 8.63. The predicted octanol–water partition coefficient (Wildman–Crippen LogP) is 4.84. The molecule has 1 saturated heterocycles. The fraction of sp³-hybridized carbons (Fsp3) is 0.280. The normalized spacial score (nSPS) is 15.2. The van der Waals surface area contributed by atoms with Crippen molar-refractivity contribution < 1.29 is 41.0 Å². The first-order chi connectivity index (χ1) is 19.0. The number of rotatable bonds is 9. The molecule has 2 N–H and O–H groups in total. The van der Waals surface area contributed by atoms with Crippen molar-refractivity contribution in [1.29, 1.82) is 0 Å². The third-order valence-electron chi connectivity index (χ3n) is 6.25. The molecule has 2 aromatic carbocycles. The molecule has 0 bridgehead atoms. The number of methoxy groups -OCH3 is 2. The van der Waals surface area contributed by atoms with Crippen LogP contribution in [0.15, 0.2) is 51.8 Å². The first kappa shape index (κ1) is 29.3. The SMILES string of the molecule is COc1ccc(CN(c2cccc(F)n2)S(=O)(=O)c2c(F)cc(N[C@H]3CCN(C(=O)O)C3)c(Br)c2F)c(OC)c1. The van der Waals surface area contributed by atoms with E-state index in [2.05, 4.69) is 26.2 Å². The molecule has 1 atom stereocenters. The number of nitrogens with zero attached hydrogens (tertiary/aromatic N) is 3. The summed E-state index contributed by atoms with van der Waals surface area (Å²) in [5.74, 6) is -3.65. The lowest BCUT2D eigenvalue weighted by Gasteiger charge is -2.26. The largest absolute Gasteiger partial charge is 0.497 e. The molecule has 40 heavy (non-hydrogen) atoms. The van der Waals surface area contributed by atoms with Crippen molar-refractivity contribution in [2.75, 3.05) is 36.9 Å². The van der Waals surface area contributed by atoms with Gasteiger partial charge in [0, 0.05) is 30.8 Å². The first-order valence-corrected chi connectivity index (χ1v) is 14.0. The zero-order valence-electron chi connectivity index (χ0n) is 21.2. The van der Waals surface area contributed by atoms with E-state index in [0.717, 1.165) is 17.0 Å². The Balaban J connectivity index is 1.76. The predicted molar refractivity (Wildman–Crippen MR) is 143 cm³/mol. The van der Waals surface area contributed by atoms with Crippen LogP contribution in [0.4, 0.5) is 29.5 Å². The molecule has 0 aliphatic carbocycles. The van der Waals surface area contributed by atoms with Gasteiger partial charge in [-0.25, -0.2) is 31.3 Å². The average Bonchev–Trinajstić information content (AvgIpc) is 3.39. The van der Waals surface area contributed by atoms with Gasteiger partial charge in [0.1, 0.15) is 23.1 Å². The third kappa shape index (κ3) is 5.89. The van der Waals surface area contributed by atoms with Crippen LogP contribution in [0, 0.1) is 17.6 Å². The second-order valence-electron chi connectivity index (χ2n) is 8.73. The minimum absolute atomic E-state index is 0.0772. The molecule has 1 aromatic heterocycles. The Morgan fingerprint density at radius 2 is 1.95 bits per heavy atom. The van der Waals surface area contributed by atoms with E-state index in [-0.39, 0.29) is 34.6 Å². The molecule has 4 rings (SSSR count). The summed E-state index contributed by atoms with van der Waals surface area (Å²) in [5, 5.41) is 12.0. The van der Waals surface area contributed by atoms with E-state index in [9.17, 15) is 17.6 Å². The molecule has 1 amide bonds. The summed E-state index contributed by atoms with van der Waals surface area (Å²) in [5.41, 5.74) is 0.179. The highest BCUT2D eigenvalue weighted by atomic mass is 79.9. The maximum Gasteiger partial charge on any atom is 0.407 e. The fourth-order valence-corrected chi connectivity index (χ4v) is 6.33. The summed E-state index contributed by atoms with van der Waals surface area (Å²) in [6.07, 6.45) is -0.744. The molecular weight excluding hydrogens is 621 g/mol. The van der Waals surface area contributed by atoms with Crippen LogP contribution in [0.2, 0.25) is 0 Å². The van der Waals surface area contributed by atoms with Crippen molar-refractivity contribution in [3.05, 3.63) is 70.1 Å². The second-order valence-corrected chi connectivity index (χ2v) is 11.3. The van der Waals surface area contributed by atoms with Crippen LogP contribution in [-0.2, 0) is 16.6 Å². The molecule has 0 radical (unpaired) electrons. The van der Waals surface area contributed by atoms with Gasteiger partial charge < -0.3 is 24.8 Å². The lowest BCUT2D eigenvalue weighted by Crippen LogP contribution is -2.33. The van der Waals surface area contributed by atoms with Gasteiger partial charge in [-0.05, 0) is 52.7 Å². The summed E-state index contributed by atoms with van der Waals surface area (Å²) in [7, 11) is -2.26. The number of halogens is 4. The Labute approximate surface area is 236 Å². The maximum absolute atomic E-state index is 15.7. The van der Waals surface area contributed by atoms with Crippen molar-refractivity contribution in [3.8, 4) is 11.5 Å². The molecular formula is C25H24BrF3N4O6S. The highest BCUT2D eigenvalue weighted by Gasteiger charge is 2.36. The molecule has 3 aromatic rings. The van der Waals surface area contributed by atoms with Gasteiger partial charge in [0.15, 0.2) is 10.7 Å². The number of sulfonamides is 1. The molecule has 10 nitrogen and oxygen atoms in total. The zero-order valence-corrected chi connectivity index (χ0v) is 23.6. The van der Waals surface area contributed by atoms with Gasteiger partial charge >= 0.3 is 6.09 Å². The Bertz CT molecular complexity index is 1550. The number of hydrogen-bond acceptors (Lipinski definition) is 7. The van der Waals surface area contributed by atoms with Gasteiger partial charge in [-0.1, -0.05) is 6.07 Å². The molecule has 214 valence electrons. The number of carboxylic acid groups (broad SMARTS) is 1. The van der Waals surface area contributed by atoms with Crippen LogP contribution in [0.5, 0.6) is 11.5 Å². The van der Waals surface area contributed by atoms with E-state index < -0.39 is 57.0 Å². The third-order valence-corrected chi connectivity index (χ3v) is 8.81. The van der Waals surface area contributed by atoms with E-state index in [1.807, 2.05) is 0 Å². The number of ether oxygens (including phenoxy) is 2. The molecule has 0 saturated carbocycles. The van der Waals surface area contributed by atoms with Crippen LogP contribution in [0.25, 0.3) is 0 Å². The number of nitrogens with one attached hydrogen (secondary N) is 1. The second kappa shape index (κ2) is 11.8. The number of carbonyl (C=O) groups is 1. The average molecular weight is 645 g/mol. The summed E-state index contributed by atoms with van der Waals surface area (Å²) in [4.78, 5) is 14.7. The molecule has 1 fully saturated rings. The van der Waals surface area contributed by atoms with Gasteiger partial charge in [-0.15, -0.1) is 0 Å². The number of aromatic nitrogens is 1. The van der Waals surface area contributed by atoms with E-state index in [1.165, 1.54) is 44.6 Å². The highest BCUT2D eigenvalue weighted by Crippen LogP contribution is 2.37. The van der Waals surface area contributed by atoms with Crippen LogP contribution in [0.1, 0.15) is 12.0 Å². The summed E-state index contributed by atoms with van der Waals surface area (Å²) < 4.78 is 83.6. The summed E-state index contributed by atoms with van der Waals surface area (Å²) in [6.45, 7) is -0.213. The monoisotopic (exact) mass is 644 g/mol. The lowest BCUT2D eigenvalue weighted by atomic mass is 10.2. The summed E-state index contributed by atoms with van der Waals surface area (Å²) >= 11 is 3.00. The van der Waals surface area contributed by atoms with Crippen LogP contribution >= 0.6 is 15.9 Å². The minimum Gasteiger partial charge on any atom is -0.497 e. The smallest absolute Gasteiger partial charge is 0.407 e. The van der Waals surface area contributed by atoms with Gasteiger partial charge in [0.05, 0.1) is 30.9 Å². The Hall–Kier alpha value is -3.72. The van der Waals surface area contributed by atoms with E-state index in [0.29, 0.717) is 16.5 Å². The molecule has 0 unspecified atom stereocenters. The first-order valence-electron chi connectivity index (χ1n) is 11.7. The quantitative estimate of drug-likeness (QED) is 0.251. The van der Waals surface area contributed by atoms with Gasteiger partial charge in [-0.2, -0.15) is 4.39 Å². The topological polar surface area (TPSA) is 121 Å². The van der Waals surface area contributed by atoms with Gasteiger partial charge in [0.2, 0.25) is 5.95 Å². The maximum atomic E-state index is 15.7. The highest BCUT2D eigenvalue weighted by molar-refractivity contribution is 9.10. The Morgan fingerprint density at radius 1 is 1.20 bits per heavy atom. The van der Waals surface area contributed by atoms with E-state index in [1.54, 1.807) is 0 Å². The van der Waals surface area contributed by atoms with Gasteiger partial charge in [-0.3, -0.25) is 0 Å². The van der Waals surface area contributed by atoms with Crippen LogP contribution in [0.3, 0.4) is 0 Å². The standard InChI is InChI=1S/C25H24BrF3N4O6S/c1-38-16-7-6-14(19(10-16)39-2)12-33(21-5-3-4-20(28)31-21)40(36,37)24-17(27)11-18(22(26)23(24)29)30-15-8-9-32(13-15)25(34)35/h3-7,10-11,15,30H,8-9,12-13H2,1-2H3,(H,34,35)/t15-/m0/s1. The zero-order chi connectivity index (χ0) is 29.2. The number of anilines is 2. The minimum atomic E-state index is -5.03. The number of benzene rings is 2. The summed E-state index contributed by atoms with van der Waals surface area (Å²) in [6, 6.07) is 8.26.